The molecule has 0 atom stereocenters. The number of para-hydroxylation sites is 1. The number of hydrogen-bond donors (Lipinski definition) is 2. The van der Waals surface area contributed by atoms with E-state index in [4.69, 9.17) is 5.11 Å². The van der Waals surface area contributed by atoms with Crippen molar-refractivity contribution >= 4 is 16.6 Å². The number of nitrogens with zero attached hydrogens (tertiary/aromatic N) is 3. The molecule has 0 unspecified atom stereocenters. The molecule has 0 aliphatic carbocycles. The number of β-amino-alcohol motifs (C(OH)–C–C–N with tert-alkyl or cyclic N) is 1. The van der Waals surface area contributed by atoms with Crippen LogP contribution in [0.1, 0.15) is 0 Å². The quantitative estimate of drug-likeness (QED) is 0.774. The van der Waals surface area contributed by atoms with E-state index in [0.29, 0.717) is 0 Å². The topological polar surface area (TPSA) is 55.4 Å². The SMILES string of the molecule is OCCN1CCN(c2ccc(-c3n[nH]c4ccccc34)cc2)CC1. The Bertz CT molecular complexity index is 804. The lowest BCUT2D eigenvalue weighted by Crippen LogP contribution is -2.47. The maximum Gasteiger partial charge on any atom is 0.0999 e. The molecule has 1 aromatic heterocycles. The second-order valence-corrected chi connectivity index (χ2v) is 6.22. The van der Waals surface area contributed by atoms with Crippen LogP contribution in [0.25, 0.3) is 22.2 Å². The van der Waals surface area contributed by atoms with E-state index in [2.05, 4.69) is 50.3 Å². The lowest BCUT2D eigenvalue weighted by atomic mass is 10.1. The molecule has 2 aromatic carbocycles. The van der Waals surface area contributed by atoms with Gasteiger partial charge in [0.2, 0.25) is 0 Å². The number of aliphatic hydroxyl groups excluding tert-OH is 1. The van der Waals surface area contributed by atoms with E-state index in [0.717, 1.165) is 54.9 Å². The lowest BCUT2D eigenvalue weighted by molar-refractivity contribution is 0.189. The second-order valence-electron chi connectivity index (χ2n) is 6.22. The number of piperazine rings is 1. The van der Waals surface area contributed by atoms with E-state index in [1.165, 1.54) is 5.69 Å². The second kappa shape index (κ2) is 6.63. The van der Waals surface area contributed by atoms with Crippen LogP contribution in [0.3, 0.4) is 0 Å². The summed E-state index contributed by atoms with van der Waals surface area (Å²) in [6, 6.07) is 16.9. The van der Waals surface area contributed by atoms with Crippen LogP contribution in [0, 0.1) is 0 Å². The molecule has 0 radical (unpaired) electrons. The van der Waals surface area contributed by atoms with Crippen LogP contribution >= 0.6 is 0 Å². The first-order valence-electron chi connectivity index (χ1n) is 8.47. The monoisotopic (exact) mass is 322 g/mol. The standard InChI is InChI=1S/C19H22N4O/c24-14-13-22-9-11-23(12-10-22)16-7-5-15(6-8-16)19-17-3-1-2-4-18(17)20-21-19/h1-8,24H,9-14H2,(H,20,21). The fourth-order valence-electron chi connectivity index (χ4n) is 3.38. The van der Waals surface area contributed by atoms with Gasteiger partial charge in [-0.05, 0) is 18.2 Å². The van der Waals surface area contributed by atoms with Gasteiger partial charge in [-0.3, -0.25) is 10.00 Å². The van der Waals surface area contributed by atoms with Crippen molar-refractivity contribution in [2.24, 2.45) is 0 Å². The summed E-state index contributed by atoms with van der Waals surface area (Å²) in [6.45, 7) is 5.04. The van der Waals surface area contributed by atoms with Gasteiger partial charge in [0.25, 0.3) is 0 Å². The van der Waals surface area contributed by atoms with Crippen LogP contribution in [0.4, 0.5) is 5.69 Å². The minimum Gasteiger partial charge on any atom is -0.395 e. The molecule has 2 N–H and O–H groups in total. The van der Waals surface area contributed by atoms with E-state index >= 15 is 0 Å². The zero-order valence-corrected chi connectivity index (χ0v) is 13.7. The minimum atomic E-state index is 0.242. The Balaban J connectivity index is 1.51. The van der Waals surface area contributed by atoms with Crippen LogP contribution in [0.5, 0.6) is 0 Å². The zero-order chi connectivity index (χ0) is 16.4. The molecule has 124 valence electrons. The third kappa shape index (κ3) is 2.88. The fourth-order valence-corrected chi connectivity index (χ4v) is 3.38. The molecular formula is C19H22N4O. The molecule has 3 aromatic rings. The van der Waals surface area contributed by atoms with Crippen molar-refractivity contribution in [2.75, 3.05) is 44.2 Å². The number of hydrogen-bond acceptors (Lipinski definition) is 4. The molecule has 2 heterocycles. The number of nitrogens with one attached hydrogen (secondary N) is 1. The fraction of sp³-hybridized carbons (Fsp3) is 0.316. The highest BCUT2D eigenvalue weighted by molar-refractivity contribution is 5.92. The molecule has 0 bridgehead atoms. The predicted molar refractivity (Wildman–Crippen MR) is 97.3 cm³/mol. The average molecular weight is 322 g/mol. The van der Waals surface area contributed by atoms with E-state index < -0.39 is 0 Å². The van der Waals surface area contributed by atoms with E-state index in [1.54, 1.807) is 0 Å². The smallest absolute Gasteiger partial charge is 0.0999 e. The molecule has 1 aliphatic heterocycles. The predicted octanol–water partition coefficient (Wildman–Crippen LogP) is 2.34. The average Bonchev–Trinajstić information content (AvgIpc) is 3.07. The number of aliphatic hydroxyl groups is 1. The van der Waals surface area contributed by atoms with Crippen molar-refractivity contribution in [1.82, 2.24) is 15.1 Å². The molecule has 4 rings (SSSR count). The third-order valence-electron chi connectivity index (χ3n) is 4.76. The maximum atomic E-state index is 9.03. The Morgan fingerprint density at radius 1 is 0.958 bits per heavy atom. The number of aromatic nitrogens is 2. The van der Waals surface area contributed by atoms with Crippen LogP contribution in [-0.2, 0) is 0 Å². The number of rotatable bonds is 4. The summed E-state index contributed by atoms with van der Waals surface area (Å²) in [5, 5.41) is 17.8. The van der Waals surface area contributed by atoms with Gasteiger partial charge in [0.05, 0.1) is 17.8 Å². The normalized spacial score (nSPS) is 16.0. The van der Waals surface area contributed by atoms with Gasteiger partial charge in [-0.25, -0.2) is 0 Å². The summed E-state index contributed by atoms with van der Waals surface area (Å²) in [4.78, 5) is 4.71. The molecule has 5 nitrogen and oxygen atoms in total. The molecule has 0 spiro atoms. The van der Waals surface area contributed by atoms with Gasteiger partial charge in [0, 0.05) is 49.4 Å². The molecule has 0 amide bonds. The zero-order valence-electron chi connectivity index (χ0n) is 13.7. The van der Waals surface area contributed by atoms with Gasteiger partial charge >= 0.3 is 0 Å². The van der Waals surface area contributed by atoms with Crippen LogP contribution in [0.2, 0.25) is 0 Å². The van der Waals surface area contributed by atoms with Crippen molar-refractivity contribution in [3.05, 3.63) is 48.5 Å². The molecule has 1 saturated heterocycles. The Kier molecular flexibility index (Phi) is 4.19. The number of anilines is 1. The van der Waals surface area contributed by atoms with Gasteiger partial charge in [0.1, 0.15) is 0 Å². The summed E-state index contributed by atoms with van der Waals surface area (Å²) in [6.07, 6.45) is 0. The largest absolute Gasteiger partial charge is 0.395 e. The molecule has 5 heteroatoms. The summed E-state index contributed by atoms with van der Waals surface area (Å²) >= 11 is 0. The summed E-state index contributed by atoms with van der Waals surface area (Å²) in [5.41, 5.74) is 4.46. The summed E-state index contributed by atoms with van der Waals surface area (Å²) in [7, 11) is 0. The Morgan fingerprint density at radius 2 is 1.71 bits per heavy atom. The van der Waals surface area contributed by atoms with Gasteiger partial charge in [-0.1, -0.05) is 30.3 Å². The van der Waals surface area contributed by atoms with Crippen LogP contribution in [0.15, 0.2) is 48.5 Å². The lowest BCUT2D eigenvalue weighted by Gasteiger charge is -2.35. The summed E-state index contributed by atoms with van der Waals surface area (Å²) < 4.78 is 0. The molecule has 1 aliphatic rings. The molecule has 0 saturated carbocycles. The van der Waals surface area contributed by atoms with Crippen molar-refractivity contribution < 1.29 is 5.11 Å². The maximum absolute atomic E-state index is 9.03. The number of benzene rings is 2. The Labute approximate surface area is 141 Å². The van der Waals surface area contributed by atoms with Crippen molar-refractivity contribution in [3.8, 4) is 11.3 Å². The van der Waals surface area contributed by atoms with Gasteiger partial charge in [-0.2, -0.15) is 5.10 Å². The number of H-pyrrole nitrogens is 1. The van der Waals surface area contributed by atoms with Crippen LogP contribution < -0.4 is 4.90 Å². The Morgan fingerprint density at radius 3 is 2.46 bits per heavy atom. The minimum absolute atomic E-state index is 0.242. The van der Waals surface area contributed by atoms with E-state index in [-0.39, 0.29) is 6.61 Å². The first kappa shape index (κ1) is 15.2. The highest BCUT2D eigenvalue weighted by atomic mass is 16.3. The van der Waals surface area contributed by atoms with Gasteiger partial charge in [-0.15, -0.1) is 0 Å². The van der Waals surface area contributed by atoms with Gasteiger partial charge < -0.3 is 10.0 Å². The van der Waals surface area contributed by atoms with Gasteiger partial charge in [0.15, 0.2) is 0 Å². The van der Waals surface area contributed by atoms with E-state index in [9.17, 15) is 0 Å². The Hall–Kier alpha value is -2.37. The third-order valence-corrected chi connectivity index (χ3v) is 4.76. The number of fused-ring (bicyclic) bond motifs is 1. The van der Waals surface area contributed by atoms with Crippen molar-refractivity contribution in [2.45, 2.75) is 0 Å². The number of aromatic amines is 1. The highest BCUT2D eigenvalue weighted by Gasteiger charge is 2.17. The first-order chi connectivity index (χ1) is 11.8. The van der Waals surface area contributed by atoms with Crippen molar-refractivity contribution in [1.29, 1.82) is 0 Å². The molecule has 24 heavy (non-hydrogen) atoms. The van der Waals surface area contributed by atoms with Crippen LogP contribution in [-0.4, -0.2) is 59.5 Å². The highest BCUT2D eigenvalue weighted by Crippen LogP contribution is 2.28. The molecular weight excluding hydrogens is 300 g/mol. The van der Waals surface area contributed by atoms with Crippen molar-refractivity contribution in [3.63, 3.8) is 0 Å². The summed E-state index contributed by atoms with van der Waals surface area (Å²) in [5.74, 6) is 0. The van der Waals surface area contributed by atoms with E-state index in [1.807, 2.05) is 18.2 Å². The molecule has 1 fully saturated rings. The first-order valence-corrected chi connectivity index (χ1v) is 8.47.